The number of hydrogen-bond donors (Lipinski definition) is 0. The highest BCUT2D eigenvalue weighted by atomic mass is 13.8. The maximum absolute atomic E-state index is 3.63. The Hall–Kier alpha value is -1.56. The van der Waals surface area contributed by atoms with Gasteiger partial charge in [0.05, 0.1) is 0 Å². The zero-order valence-electron chi connectivity index (χ0n) is 11.7. The Bertz CT molecular complexity index is 300. The summed E-state index contributed by atoms with van der Waals surface area (Å²) in [5.74, 6) is 0.648. The lowest BCUT2D eigenvalue weighted by Gasteiger charge is -1.85. The van der Waals surface area contributed by atoms with E-state index in [2.05, 4.69) is 33.6 Å². The molecule has 0 amide bonds. The summed E-state index contributed by atoms with van der Waals surface area (Å²) in [6, 6.07) is 10.0. The molecule has 0 saturated carbocycles. The van der Waals surface area contributed by atoms with Gasteiger partial charge in [-0.3, -0.25) is 0 Å². The van der Waals surface area contributed by atoms with Crippen molar-refractivity contribution < 1.29 is 0 Å². The molecule has 0 N–H and O–H groups in total. The smallest absolute Gasteiger partial charge is 0.0263 e. The predicted octanol–water partition coefficient (Wildman–Crippen LogP) is 5.74. The fourth-order valence-corrected chi connectivity index (χ4v) is 0.589. The van der Waals surface area contributed by atoms with Crippen LogP contribution in [0.25, 0.3) is 6.08 Å². The van der Waals surface area contributed by atoms with Crippen molar-refractivity contribution >= 4 is 6.08 Å². The van der Waals surface area contributed by atoms with Crippen LogP contribution < -0.4 is 0 Å². The second-order valence-electron chi connectivity index (χ2n) is 4.30. The van der Waals surface area contributed by atoms with Crippen LogP contribution in [-0.2, 0) is 0 Å². The first-order chi connectivity index (χ1) is 7.93. The summed E-state index contributed by atoms with van der Waals surface area (Å²) < 4.78 is 0. The maximum atomic E-state index is 3.63. The Labute approximate surface area is 107 Å². The summed E-state index contributed by atoms with van der Waals surface area (Å²) in [6.07, 6.45) is 3.75. The van der Waals surface area contributed by atoms with Crippen LogP contribution in [0.1, 0.15) is 33.3 Å². The van der Waals surface area contributed by atoms with Crippen LogP contribution in [-0.4, -0.2) is 0 Å². The lowest BCUT2D eigenvalue weighted by atomic mass is 10.2. The average Bonchev–Trinajstić information content (AvgIpc) is 2.30. The molecule has 0 bridgehead atoms. The molecule has 0 nitrogen and oxygen atoms in total. The Kier molecular flexibility index (Phi) is 13.1. The molecule has 0 aliphatic carbocycles. The van der Waals surface area contributed by atoms with Crippen molar-refractivity contribution in [3.05, 3.63) is 67.3 Å². The van der Waals surface area contributed by atoms with E-state index >= 15 is 0 Å². The second kappa shape index (κ2) is 12.5. The first kappa shape index (κ1) is 17.8. The van der Waals surface area contributed by atoms with Crippen molar-refractivity contribution in [1.29, 1.82) is 0 Å². The van der Waals surface area contributed by atoms with E-state index in [0.29, 0.717) is 5.92 Å². The van der Waals surface area contributed by atoms with Gasteiger partial charge in [0.2, 0.25) is 0 Å². The number of rotatable bonds is 2. The van der Waals surface area contributed by atoms with Crippen LogP contribution >= 0.6 is 0 Å². The van der Waals surface area contributed by atoms with Crippen LogP contribution in [0.4, 0.5) is 0 Å². The molecule has 1 aromatic rings. The summed E-state index contributed by atoms with van der Waals surface area (Å²) in [6.45, 7) is 18.9. The molecule has 0 aromatic heterocycles. The van der Waals surface area contributed by atoms with Crippen LogP contribution in [0.2, 0.25) is 0 Å². The third-order valence-corrected chi connectivity index (χ3v) is 1.51. The molecule has 1 aromatic carbocycles. The predicted molar refractivity (Wildman–Crippen MR) is 82.1 cm³/mol. The summed E-state index contributed by atoms with van der Waals surface area (Å²) in [7, 11) is 0. The first-order valence-corrected chi connectivity index (χ1v) is 5.86. The molecule has 0 saturated heterocycles. The van der Waals surface area contributed by atoms with Gasteiger partial charge < -0.3 is 0 Å². The van der Waals surface area contributed by atoms with Crippen molar-refractivity contribution in [1.82, 2.24) is 0 Å². The highest BCUT2D eigenvalue weighted by Gasteiger charge is 1.75. The van der Waals surface area contributed by atoms with Crippen molar-refractivity contribution in [2.75, 3.05) is 0 Å². The summed E-state index contributed by atoms with van der Waals surface area (Å²) in [4.78, 5) is 0. The van der Waals surface area contributed by atoms with Crippen LogP contribution in [0, 0.1) is 5.92 Å². The largest absolute Gasteiger partial charge is 0.103 e. The minimum absolute atomic E-state index is 0.648. The van der Waals surface area contributed by atoms with Gasteiger partial charge in [0, 0.05) is 0 Å². The molecule has 0 heteroatoms. The van der Waals surface area contributed by atoms with Crippen molar-refractivity contribution in [2.24, 2.45) is 5.92 Å². The summed E-state index contributed by atoms with van der Waals surface area (Å²) >= 11 is 0. The van der Waals surface area contributed by atoms with Gasteiger partial charge in [0.15, 0.2) is 0 Å². The molecule has 0 heterocycles. The second-order valence-corrected chi connectivity index (χ2v) is 4.30. The van der Waals surface area contributed by atoms with Gasteiger partial charge in [0.1, 0.15) is 0 Å². The molecular weight excluding hydrogens is 204 g/mol. The Morgan fingerprint density at radius 2 is 1.41 bits per heavy atom. The third-order valence-electron chi connectivity index (χ3n) is 1.51. The van der Waals surface area contributed by atoms with E-state index in [1.54, 1.807) is 0 Å². The van der Waals surface area contributed by atoms with Gasteiger partial charge in [0.25, 0.3) is 0 Å². The summed E-state index contributed by atoms with van der Waals surface area (Å²) in [5.41, 5.74) is 2.34. The molecule has 0 atom stereocenters. The molecule has 0 radical (unpaired) electrons. The zero-order chi connectivity index (χ0) is 13.7. The maximum Gasteiger partial charge on any atom is -0.0263 e. The van der Waals surface area contributed by atoms with E-state index in [1.807, 2.05) is 56.3 Å². The van der Waals surface area contributed by atoms with Gasteiger partial charge in [-0.2, -0.15) is 0 Å². The van der Waals surface area contributed by atoms with E-state index in [0.717, 1.165) is 0 Å². The van der Waals surface area contributed by atoms with Crippen LogP contribution in [0.15, 0.2) is 61.7 Å². The van der Waals surface area contributed by atoms with Gasteiger partial charge >= 0.3 is 0 Å². The summed E-state index contributed by atoms with van der Waals surface area (Å²) in [5, 5.41) is 0. The topological polar surface area (TPSA) is 0 Å². The number of allylic oxidation sites excluding steroid dienone is 2. The molecular formula is C17H26. The Balaban J connectivity index is 0. The standard InChI is InChI=1S/C8H8.C5H10.C4H8/c1-2-8-6-4-3-5-7-8;1-4-5(2)3;1-4(2)3/h2-7H,1H2;4-5H,1H2,2-3H3;1H2,2-3H3. The molecule has 0 unspecified atom stereocenters. The number of hydrogen-bond acceptors (Lipinski definition) is 0. The van der Waals surface area contributed by atoms with E-state index < -0.39 is 0 Å². The fourth-order valence-electron chi connectivity index (χ4n) is 0.589. The molecule has 1 rings (SSSR count). The third kappa shape index (κ3) is 20.5. The molecule has 0 aliphatic heterocycles. The van der Waals surface area contributed by atoms with Gasteiger partial charge in [-0.25, -0.2) is 0 Å². The molecule has 0 aliphatic rings. The monoisotopic (exact) mass is 230 g/mol. The first-order valence-electron chi connectivity index (χ1n) is 5.86. The Morgan fingerprint density at radius 3 is 1.59 bits per heavy atom. The van der Waals surface area contributed by atoms with Crippen LogP contribution in [0.5, 0.6) is 0 Å². The molecule has 17 heavy (non-hydrogen) atoms. The SMILES string of the molecule is C=C(C)C.C=CC(C)C.C=Cc1ccccc1. The van der Waals surface area contributed by atoms with E-state index in [9.17, 15) is 0 Å². The van der Waals surface area contributed by atoms with Crippen molar-refractivity contribution in [2.45, 2.75) is 27.7 Å². The van der Waals surface area contributed by atoms with E-state index in [1.165, 1.54) is 11.1 Å². The Morgan fingerprint density at radius 1 is 1.06 bits per heavy atom. The lowest BCUT2D eigenvalue weighted by Crippen LogP contribution is -1.71. The number of benzene rings is 1. The van der Waals surface area contributed by atoms with Crippen LogP contribution in [0.3, 0.4) is 0 Å². The highest BCUT2D eigenvalue weighted by molar-refractivity contribution is 5.45. The molecule has 0 spiro atoms. The van der Waals surface area contributed by atoms with Gasteiger partial charge in [-0.1, -0.05) is 68.5 Å². The van der Waals surface area contributed by atoms with Crippen molar-refractivity contribution in [3.8, 4) is 0 Å². The minimum Gasteiger partial charge on any atom is -0.103 e. The fraction of sp³-hybridized carbons (Fsp3) is 0.294. The molecule has 94 valence electrons. The normalized spacial score (nSPS) is 8.06. The van der Waals surface area contributed by atoms with Gasteiger partial charge in [-0.05, 0) is 25.3 Å². The van der Waals surface area contributed by atoms with E-state index in [-0.39, 0.29) is 0 Å². The average molecular weight is 230 g/mol. The quantitative estimate of drug-likeness (QED) is 0.568. The zero-order valence-corrected chi connectivity index (χ0v) is 11.7. The van der Waals surface area contributed by atoms with E-state index in [4.69, 9.17) is 0 Å². The lowest BCUT2D eigenvalue weighted by molar-refractivity contribution is 0.835. The highest BCUT2D eigenvalue weighted by Crippen LogP contribution is 1.97. The molecule has 0 fully saturated rings. The minimum atomic E-state index is 0.648. The van der Waals surface area contributed by atoms with Gasteiger partial charge in [-0.15, -0.1) is 13.2 Å². The van der Waals surface area contributed by atoms with Crippen molar-refractivity contribution in [3.63, 3.8) is 0 Å².